The van der Waals surface area contributed by atoms with Crippen LogP contribution in [0.4, 0.5) is 5.95 Å². The first-order chi connectivity index (χ1) is 9.34. The first kappa shape index (κ1) is 10.9. The van der Waals surface area contributed by atoms with Crippen LogP contribution in [-0.2, 0) is 4.79 Å². The highest BCUT2D eigenvalue weighted by molar-refractivity contribution is 7.08. The number of anilines is 1. The van der Waals surface area contributed by atoms with E-state index in [4.69, 9.17) is 0 Å². The Morgan fingerprint density at radius 2 is 2.37 bits per heavy atom. The van der Waals surface area contributed by atoms with Gasteiger partial charge in [0.2, 0.25) is 5.95 Å². The van der Waals surface area contributed by atoms with E-state index in [0.29, 0.717) is 12.4 Å². The molecule has 0 amide bonds. The summed E-state index contributed by atoms with van der Waals surface area (Å²) in [6.07, 6.45) is 2.38. The number of carbonyl (C=O) groups is 1. The largest absolute Gasteiger partial charge is 0.326 e. The van der Waals surface area contributed by atoms with Gasteiger partial charge in [-0.3, -0.25) is 4.79 Å². The molecule has 1 atom stereocenters. The number of tetrazole rings is 1. The van der Waals surface area contributed by atoms with E-state index in [-0.39, 0.29) is 11.8 Å². The topological polar surface area (TPSA) is 72.7 Å². The van der Waals surface area contributed by atoms with Crippen molar-refractivity contribution in [3.63, 3.8) is 0 Å². The first-order valence-corrected chi connectivity index (χ1v) is 7.12. The predicted octanol–water partition coefficient (Wildman–Crippen LogP) is 1.76. The van der Waals surface area contributed by atoms with E-state index in [1.54, 1.807) is 16.0 Å². The molecule has 0 aromatic carbocycles. The molecule has 1 N–H and O–H groups in total. The van der Waals surface area contributed by atoms with Gasteiger partial charge in [0.15, 0.2) is 5.78 Å². The molecular formula is C12H11N5OS. The molecule has 0 saturated carbocycles. The number of nitrogens with one attached hydrogen (secondary N) is 1. The van der Waals surface area contributed by atoms with Crippen LogP contribution < -0.4 is 5.32 Å². The van der Waals surface area contributed by atoms with Crippen molar-refractivity contribution in [1.82, 2.24) is 20.2 Å². The summed E-state index contributed by atoms with van der Waals surface area (Å²) < 4.78 is 1.70. The van der Waals surface area contributed by atoms with Gasteiger partial charge in [-0.05, 0) is 45.7 Å². The normalized spacial score (nSPS) is 21.9. The van der Waals surface area contributed by atoms with Crippen molar-refractivity contribution < 1.29 is 4.79 Å². The average molecular weight is 273 g/mol. The zero-order chi connectivity index (χ0) is 12.8. The van der Waals surface area contributed by atoms with Gasteiger partial charge in [-0.25, -0.2) is 0 Å². The average Bonchev–Trinajstić information content (AvgIpc) is 3.07. The van der Waals surface area contributed by atoms with Crippen LogP contribution >= 0.6 is 11.3 Å². The zero-order valence-electron chi connectivity index (χ0n) is 10.0. The highest BCUT2D eigenvalue weighted by atomic mass is 32.1. The Morgan fingerprint density at radius 1 is 1.42 bits per heavy atom. The Hall–Kier alpha value is -2.02. The number of hydrogen-bond acceptors (Lipinski definition) is 6. The Kier molecular flexibility index (Phi) is 2.28. The van der Waals surface area contributed by atoms with Crippen LogP contribution in [0.25, 0.3) is 0 Å². The van der Waals surface area contributed by atoms with Crippen LogP contribution in [-0.4, -0.2) is 26.0 Å². The van der Waals surface area contributed by atoms with Crippen LogP contribution in [0.15, 0.2) is 28.1 Å². The lowest BCUT2D eigenvalue weighted by atomic mass is 9.86. The van der Waals surface area contributed by atoms with Crippen LogP contribution in [0.2, 0.25) is 0 Å². The number of ketones is 1. The molecule has 2 aromatic heterocycles. The molecular weight excluding hydrogens is 262 g/mol. The summed E-state index contributed by atoms with van der Waals surface area (Å²) in [6, 6.07) is 1.85. The molecule has 2 aromatic rings. The molecule has 0 saturated heterocycles. The summed E-state index contributed by atoms with van der Waals surface area (Å²) in [5.41, 5.74) is 2.88. The molecule has 0 spiro atoms. The number of fused-ring (bicyclic) bond motifs is 1. The van der Waals surface area contributed by atoms with Crippen LogP contribution in [0.1, 0.15) is 30.9 Å². The predicted molar refractivity (Wildman–Crippen MR) is 69.8 cm³/mol. The fraction of sp³-hybridized carbons (Fsp3) is 0.333. The van der Waals surface area contributed by atoms with Gasteiger partial charge in [0.25, 0.3) is 0 Å². The van der Waals surface area contributed by atoms with Gasteiger partial charge in [-0.15, -0.1) is 0 Å². The van der Waals surface area contributed by atoms with Crippen molar-refractivity contribution in [1.29, 1.82) is 0 Å². The van der Waals surface area contributed by atoms with Crippen molar-refractivity contribution in [2.75, 3.05) is 5.32 Å². The van der Waals surface area contributed by atoms with Crippen molar-refractivity contribution in [3.05, 3.63) is 33.7 Å². The van der Waals surface area contributed by atoms with Gasteiger partial charge >= 0.3 is 0 Å². The second-order valence-corrected chi connectivity index (χ2v) is 5.48. The van der Waals surface area contributed by atoms with E-state index in [0.717, 1.165) is 29.7 Å². The molecule has 7 heteroatoms. The smallest absolute Gasteiger partial charge is 0.248 e. The Labute approximate surface area is 113 Å². The summed E-state index contributed by atoms with van der Waals surface area (Å²) in [6.45, 7) is 0. The lowest BCUT2D eigenvalue weighted by Gasteiger charge is -2.30. The standard InChI is InChI=1S/C12H11N5OS/c18-9-3-1-2-8-10(9)11(7-4-5-19-6-7)17-12(13-8)14-15-16-17/h4-6,11H,1-3H2,(H,13,14,16). The fourth-order valence-electron chi connectivity index (χ4n) is 2.76. The molecule has 3 heterocycles. The number of aromatic nitrogens is 4. The second kappa shape index (κ2) is 3.99. The third kappa shape index (κ3) is 1.54. The number of nitrogens with zero attached hydrogens (tertiary/aromatic N) is 4. The number of rotatable bonds is 1. The minimum Gasteiger partial charge on any atom is -0.326 e. The lowest BCUT2D eigenvalue weighted by Crippen LogP contribution is -2.31. The molecule has 1 aliphatic carbocycles. The zero-order valence-corrected chi connectivity index (χ0v) is 10.9. The molecule has 0 bridgehead atoms. The van der Waals surface area contributed by atoms with Gasteiger partial charge in [0.05, 0.1) is 0 Å². The van der Waals surface area contributed by atoms with Gasteiger partial charge < -0.3 is 5.32 Å². The summed E-state index contributed by atoms with van der Waals surface area (Å²) >= 11 is 1.61. The molecule has 4 rings (SSSR count). The Morgan fingerprint density at radius 3 is 3.21 bits per heavy atom. The van der Waals surface area contributed by atoms with Crippen LogP contribution in [0, 0.1) is 0 Å². The Bertz CT molecular complexity index is 672. The van der Waals surface area contributed by atoms with Gasteiger partial charge in [-0.2, -0.15) is 16.0 Å². The number of hydrogen-bond donors (Lipinski definition) is 1. The molecule has 0 radical (unpaired) electrons. The summed E-state index contributed by atoms with van der Waals surface area (Å²) in [5.74, 6) is 0.816. The first-order valence-electron chi connectivity index (χ1n) is 6.18. The monoisotopic (exact) mass is 273 g/mol. The summed E-state index contributed by atoms with van der Waals surface area (Å²) in [7, 11) is 0. The minimum atomic E-state index is -0.180. The van der Waals surface area contributed by atoms with E-state index >= 15 is 0 Å². The van der Waals surface area contributed by atoms with E-state index in [1.807, 2.05) is 16.8 Å². The lowest BCUT2D eigenvalue weighted by molar-refractivity contribution is -0.116. The second-order valence-electron chi connectivity index (χ2n) is 4.70. The molecule has 19 heavy (non-hydrogen) atoms. The van der Waals surface area contributed by atoms with Crippen molar-refractivity contribution in [3.8, 4) is 0 Å². The number of thiophene rings is 1. The summed E-state index contributed by atoms with van der Waals surface area (Å²) in [4.78, 5) is 12.3. The third-order valence-electron chi connectivity index (χ3n) is 3.59. The number of allylic oxidation sites excluding steroid dienone is 2. The van der Waals surface area contributed by atoms with E-state index in [2.05, 4.69) is 20.8 Å². The maximum atomic E-state index is 12.3. The fourth-order valence-corrected chi connectivity index (χ4v) is 3.44. The Balaban J connectivity index is 1.93. The maximum absolute atomic E-state index is 12.3. The van der Waals surface area contributed by atoms with Crippen LogP contribution in [0.3, 0.4) is 0 Å². The quantitative estimate of drug-likeness (QED) is 0.857. The molecule has 0 fully saturated rings. The number of Topliss-reactive ketones (excluding diaryl/α,β-unsaturated/α-hetero) is 1. The van der Waals surface area contributed by atoms with Crippen molar-refractivity contribution >= 4 is 23.1 Å². The highest BCUT2D eigenvalue weighted by Gasteiger charge is 2.36. The molecule has 1 aliphatic heterocycles. The summed E-state index contributed by atoms with van der Waals surface area (Å²) in [5, 5.41) is 19.0. The minimum absolute atomic E-state index is 0.180. The van der Waals surface area contributed by atoms with Gasteiger partial charge in [0.1, 0.15) is 6.04 Å². The van der Waals surface area contributed by atoms with Crippen molar-refractivity contribution in [2.45, 2.75) is 25.3 Å². The van der Waals surface area contributed by atoms with E-state index < -0.39 is 0 Å². The SMILES string of the molecule is O=C1CCCC2=C1C(c1ccsc1)n1nnnc1N2. The molecule has 96 valence electrons. The van der Waals surface area contributed by atoms with Crippen molar-refractivity contribution in [2.24, 2.45) is 0 Å². The van der Waals surface area contributed by atoms with E-state index in [1.165, 1.54) is 0 Å². The maximum Gasteiger partial charge on any atom is 0.248 e. The van der Waals surface area contributed by atoms with Crippen LogP contribution in [0.5, 0.6) is 0 Å². The van der Waals surface area contributed by atoms with Gasteiger partial charge in [0, 0.05) is 17.7 Å². The molecule has 6 nitrogen and oxygen atoms in total. The van der Waals surface area contributed by atoms with E-state index in [9.17, 15) is 4.79 Å². The number of carbonyl (C=O) groups excluding carboxylic acids is 1. The molecule has 1 unspecified atom stereocenters. The van der Waals surface area contributed by atoms with Gasteiger partial charge in [-0.1, -0.05) is 5.10 Å². The third-order valence-corrected chi connectivity index (χ3v) is 4.29. The molecule has 2 aliphatic rings. The highest BCUT2D eigenvalue weighted by Crippen LogP contribution is 2.39.